The van der Waals surface area contributed by atoms with Gasteiger partial charge in [-0.05, 0) is 38.0 Å². The first-order valence-electron chi connectivity index (χ1n) is 5.56. The van der Waals surface area contributed by atoms with Crippen molar-refractivity contribution in [3.05, 3.63) is 42.0 Å². The molecule has 0 unspecified atom stereocenters. The van der Waals surface area contributed by atoms with Gasteiger partial charge < -0.3 is 5.11 Å². The molecular weight excluding hydrogens is 252 g/mol. The molecule has 0 bridgehead atoms. The number of carbonyl (C=O) groups is 1. The van der Waals surface area contributed by atoms with Crippen LogP contribution in [0.5, 0.6) is 0 Å². The van der Waals surface area contributed by atoms with Crippen LogP contribution in [0.2, 0.25) is 0 Å². The van der Waals surface area contributed by atoms with Crippen LogP contribution < -0.4 is 0 Å². The van der Waals surface area contributed by atoms with Gasteiger partial charge in [-0.3, -0.25) is 0 Å². The third-order valence-electron chi connectivity index (χ3n) is 2.49. The van der Waals surface area contributed by atoms with E-state index in [1.54, 1.807) is 38.1 Å². The van der Waals surface area contributed by atoms with Gasteiger partial charge in [-0.15, -0.1) is 0 Å². The van der Waals surface area contributed by atoms with Crippen LogP contribution in [-0.4, -0.2) is 24.7 Å². The standard InChI is InChI=1S/C13H16O4S/c1-10(2)18(16,17)12-8-6-11(7-9-12)4-3-5-13(14)15/h3,5-10H,4H2,1-2H3,(H,14,15)/b5-3+. The Morgan fingerprint density at radius 2 is 1.83 bits per heavy atom. The van der Waals surface area contributed by atoms with E-state index in [4.69, 9.17) is 5.11 Å². The quantitative estimate of drug-likeness (QED) is 0.830. The zero-order chi connectivity index (χ0) is 13.8. The van der Waals surface area contributed by atoms with E-state index in [0.29, 0.717) is 11.3 Å². The Labute approximate surface area is 107 Å². The fraction of sp³-hybridized carbons (Fsp3) is 0.308. The topological polar surface area (TPSA) is 71.4 Å². The summed E-state index contributed by atoms with van der Waals surface area (Å²) in [5.41, 5.74) is 0.871. The molecule has 0 spiro atoms. The molecule has 0 aliphatic rings. The van der Waals surface area contributed by atoms with Crippen molar-refractivity contribution in [3.63, 3.8) is 0 Å². The summed E-state index contributed by atoms with van der Waals surface area (Å²) in [6.45, 7) is 3.28. The maximum Gasteiger partial charge on any atom is 0.327 e. The smallest absolute Gasteiger partial charge is 0.327 e. The number of benzene rings is 1. The van der Waals surface area contributed by atoms with Gasteiger partial charge in [-0.1, -0.05) is 18.2 Å². The zero-order valence-electron chi connectivity index (χ0n) is 10.3. The molecule has 0 radical (unpaired) electrons. The van der Waals surface area contributed by atoms with E-state index in [1.807, 2.05) is 0 Å². The second kappa shape index (κ2) is 5.82. The molecular formula is C13H16O4S. The van der Waals surface area contributed by atoms with E-state index in [0.717, 1.165) is 11.6 Å². The molecule has 1 aromatic rings. The van der Waals surface area contributed by atoms with Crippen LogP contribution in [-0.2, 0) is 21.1 Å². The van der Waals surface area contributed by atoms with Gasteiger partial charge >= 0.3 is 5.97 Å². The van der Waals surface area contributed by atoms with E-state index < -0.39 is 21.1 Å². The van der Waals surface area contributed by atoms with E-state index >= 15 is 0 Å². The molecule has 0 saturated heterocycles. The second-order valence-electron chi connectivity index (χ2n) is 4.18. The van der Waals surface area contributed by atoms with E-state index in [-0.39, 0.29) is 0 Å². The summed E-state index contributed by atoms with van der Waals surface area (Å²) in [5, 5.41) is 7.99. The predicted molar refractivity (Wildman–Crippen MR) is 69.2 cm³/mol. The SMILES string of the molecule is CC(C)S(=O)(=O)c1ccc(C/C=C/C(=O)O)cc1. The summed E-state index contributed by atoms with van der Waals surface area (Å²) < 4.78 is 23.7. The highest BCUT2D eigenvalue weighted by atomic mass is 32.2. The van der Waals surface area contributed by atoms with Crippen molar-refractivity contribution in [2.24, 2.45) is 0 Å². The van der Waals surface area contributed by atoms with Crippen molar-refractivity contribution in [2.75, 3.05) is 0 Å². The summed E-state index contributed by atoms with van der Waals surface area (Å²) >= 11 is 0. The third kappa shape index (κ3) is 3.70. The Morgan fingerprint density at radius 1 is 1.28 bits per heavy atom. The number of allylic oxidation sites excluding steroid dienone is 1. The summed E-state index contributed by atoms with van der Waals surface area (Å²) in [5.74, 6) is -0.992. The lowest BCUT2D eigenvalue weighted by Gasteiger charge is -2.07. The fourth-order valence-electron chi connectivity index (χ4n) is 1.38. The number of aliphatic carboxylic acids is 1. The first-order chi connectivity index (χ1) is 8.34. The van der Waals surface area contributed by atoms with Crippen LogP contribution in [0.25, 0.3) is 0 Å². The molecule has 0 aliphatic carbocycles. The number of hydrogen-bond acceptors (Lipinski definition) is 3. The number of sulfone groups is 1. The Balaban J connectivity index is 2.84. The molecule has 4 nitrogen and oxygen atoms in total. The lowest BCUT2D eigenvalue weighted by molar-refractivity contribution is -0.131. The summed E-state index contributed by atoms with van der Waals surface area (Å²) in [4.78, 5) is 10.6. The molecule has 0 aromatic heterocycles. The average Bonchev–Trinajstić information content (AvgIpc) is 2.29. The summed E-state index contributed by atoms with van der Waals surface area (Å²) in [7, 11) is -3.24. The van der Waals surface area contributed by atoms with Gasteiger partial charge in [0.1, 0.15) is 0 Å². The van der Waals surface area contributed by atoms with Gasteiger partial charge in [-0.25, -0.2) is 13.2 Å². The van der Waals surface area contributed by atoms with Crippen LogP contribution in [0.3, 0.4) is 0 Å². The van der Waals surface area contributed by atoms with E-state index in [1.165, 1.54) is 6.08 Å². The highest BCUT2D eigenvalue weighted by Gasteiger charge is 2.18. The molecule has 98 valence electrons. The number of carboxylic acid groups (broad SMARTS) is 1. The number of hydrogen-bond donors (Lipinski definition) is 1. The van der Waals surface area contributed by atoms with Gasteiger partial charge in [0.25, 0.3) is 0 Å². The highest BCUT2D eigenvalue weighted by molar-refractivity contribution is 7.92. The van der Waals surface area contributed by atoms with Crippen molar-refractivity contribution in [2.45, 2.75) is 30.4 Å². The number of carboxylic acids is 1. The van der Waals surface area contributed by atoms with Crippen LogP contribution in [0.15, 0.2) is 41.3 Å². The van der Waals surface area contributed by atoms with Gasteiger partial charge in [0.15, 0.2) is 9.84 Å². The normalized spacial score (nSPS) is 12.2. The largest absolute Gasteiger partial charge is 0.478 e. The molecule has 0 aliphatic heterocycles. The van der Waals surface area contributed by atoms with Crippen molar-refractivity contribution >= 4 is 15.8 Å². The fourth-order valence-corrected chi connectivity index (χ4v) is 2.44. The lowest BCUT2D eigenvalue weighted by Crippen LogP contribution is -2.13. The maximum atomic E-state index is 11.9. The van der Waals surface area contributed by atoms with Crippen molar-refractivity contribution in [1.29, 1.82) is 0 Å². The minimum atomic E-state index is -3.24. The molecule has 18 heavy (non-hydrogen) atoms. The monoisotopic (exact) mass is 268 g/mol. The molecule has 5 heteroatoms. The average molecular weight is 268 g/mol. The molecule has 0 saturated carbocycles. The summed E-state index contributed by atoms with van der Waals surface area (Å²) in [6, 6.07) is 6.50. The Kier molecular flexibility index (Phi) is 4.67. The second-order valence-corrected chi connectivity index (χ2v) is 6.69. The van der Waals surface area contributed by atoms with E-state index in [2.05, 4.69) is 0 Å². The zero-order valence-corrected chi connectivity index (χ0v) is 11.1. The number of rotatable bonds is 5. The lowest BCUT2D eigenvalue weighted by atomic mass is 10.1. The Morgan fingerprint density at radius 3 is 2.28 bits per heavy atom. The highest BCUT2D eigenvalue weighted by Crippen LogP contribution is 2.16. The first-order valence-corrected chi connectivity index (χ1v) is 7.11. The predicted octanol–water partition coefficient (Wildman–Crippen LogP) is 2.05. The molecule has 0 atom stereocenters. The van der Waals surface area contributed by atoms with Crippen molar-refractivity contribution in [3.8, 4) is 0 Å². The van der Waals surface area contributed by atoms with Crippen molar-refractivity contribution < 1.29 is 18.3 Å². The molecule has 0 amide bonds. The first kappa shape index (κ1) is 14.4. The minimum Gasteiger partial charge on any atom is -0.478 e. The molecule has 1 N–H and O–H groups in total. The Hall–Kier alpha value is -1.62. The van der Waals surface area contributed by atoms with Crippen LogP contribution in [0.1, 0.15) is 19.4 Å². The van der Waals surface area contributed by atoms with E-state index in [9.17, 15) is 13.2 Å². The van der Waals surface area contributed by atoms with Gasteiger partial charge in [-0.2, -0.15) is 0 Å². The van der Waals surface area contributed by atoms with Crippen molar-refractivity contribution in [1.82, 2.24) is 0 Å². The minimum absolute atomic E-state index is 0.295. The van der Waals surface area contributed by atoms with Crippen LogP contribution in [0.4, 0.5) is 0 Å². The van der Waals surface area contributed by atoms with Gasteiger partial charge in [0.2, 0.25) is 0 Å². The van der Waals surface area contributed by atoms with Gasteiger partial charge in [0, 0.05) is 6.08 Å². The van der Waals surface area contributed by atoms with Crippen LogP contribution >= 0.6 is 0 Å². The maximum absolute atomic E-state index is 11.9. The van der Waals surface area contributed by atoms with Gasteiger partial charge in [0.05, 0.1) is 10.1 Å². The van der Waals surface area contributed by atoms with Crippen LogP contribution in [0, 0.1) is 0 Å². The molecule has 1 rings (SSSR count). The molecule has 0 fully saturated rings. The Bertz CT molecular complexity index is 539. The molecule has 0 heterocycles. The third-order valence-corrected chi connectivity index (χ3v) is 4.66. The summed E-state index contributed by atoms with van der Waals surface area (Å²) in [6.07, 6.45) is 3.06. The molecule has 1 aromatic carbocycles.